The smallest absolute Gasteiger partial charge is 0.173 e. The average molecular weight is 334 g/mol. The summed E-state index contributed by atoms with van der Waals surface area (Å²) in [5.41, 5.74) is 4.12. The molecular formula is C13H11BrCl2O. The maximum atomic E-state index is 6.43. The Morgan fingerprint density at radius 3 is 2.41 bits per heavy atom. The second-order valence-electron chi connectivity index (χ2n) is 3.97. The molecule has 0 fully saturated rings. The number of hydrogen-bond acceptors (Lipinski definition) is 1. The van der Waals surface area contributed by atoms with E-state index in [0.29, 0.717) is 9.69 Å². The Kier molecular flexibility index (Phi) is 3.86. The minimum atomic E-state index is -0.310. The Morgan fingerprint density at radius 2 is 1.82 bits per heavy atom. The molecule has 17 heavy (non-hydrogen) atoms. The topological polar surface area (TPSA) is 13.1 Å². The third kappa shape index (κ3) is 2.54. The van der Waals surface area contributed by atoms with Crippen molar-refractivity contribution in [3.8, 4) is 0 Å². The van der Waals surface area contributed by atoms with Gasteiger partial charge in [-0.05, 0) is 58.6 Å². The number of hydrogen-bond donors (Lipinski definition) is 0. The summed E-state index contributed by atoms with van der Waals surface area (Å²) in [6.07, 6.45) is 1.60. The van der Waals surface area contributed by atoms with Crippen LogP contribution < -0.4 is 0 Å². The maximum Gasteiger partial charge on any atom is 0.173 e. The molecule has 2 aromatic rings. The molecule has 0 N–H and O–H groups in total. The quantitative estimate of drug-likeness (QED) is 0.648. The van der Waals surface area contributed by atoms with Crippen molar-refractivity contribution in [3.05, 3.63) is 56.4 Å². The minimum absolute atomic E-state index is 0.310. The summed E-state index contributed by atoms with van der Waals surface area (Å²) in [5, 5.41) is 0.371. The van der Waals surface area contributed by atoms with E-state index in [1.165, 1.54) is 5.56 Å². The molecule has 1 unspecified atom stereocenters. The summed E-state index contributed by atoms with van der Waals surface area (Å²) in [7, 11) is 0. The number of benzene rings is 1. The van der Waals surface area contributed by atoms with E-state index in [-0.39, 0.29) is 5.38 Å². The summed E-state index contributed by atoms with van der Waals surface area (Å²) in [5.74, 6) is 0. The lowest BCUT2D eigenvalue weighted by Gasteiger charge is -2.13. The first-order valence-corrected chi connectivity index (χ1v) is 6.75. The molecule has 0 radical (unpaired) electrons. The van der Waals surface area contributed by atoms with Crippen LogP contribution in [0.5, 0.6) is 0 Å². The van der Waals surface area contributed by atoms with Crippen LogP contribution in [0.3, 0.4) is 0 Å². The molecule has 0 aliphatic heterocycles. The van der Waals surface area contributed by atoms with E-state index in [0.717, 1.165) is 16.7 Å². The lowest BCUT2D eigenvalue weighted by molar-refractivity contribution is 0.537. The molecule has 1 aromatic carbocycles. The van der Waals surface area contributed by atoms with Gasteiger partial charge in [-0.15, -0.1) is 11.6 Å². The summed E-state index contributed by atoms with van der Waals surface area (Å²) in [4.78, 5) is 0. The zero-order valence-electron chi connectivity index (χ0n) is 9.43. The van der Waals surface area contributed by atoms with E-state index < -0.39 is 0 Å². The van der Waals surface area contributed by atoms with Crippen LogP contribution in [0, 0.1) is 13.8 Å². The molecule has 0 spiro atoms. The molecular weight excluding hydrogens is 323 g/mol. The number of halogens is 3. The van der Waals surface area contributed by atoms with Crippen molar-refractivity contribution in [3.63, 3.8) is 0 Å². The van der Waals surface area contributed by atoms with Gasteiger partial charge in [0.25, 0.3) is 0 Å². The highest BCUT2D eigenvalue weighted by atomic mass is 79.9. The largest absolute Gasteiger partial charge is 0.457 e. The van der Waals surface area contributed by atoms with E-state index in [4.69, 9.17) is 27.6 Å². The maximum absolute atomic E-state index is 6.43. The van der Waals surface area contributed by atoms with Crippen molar-refractivity contribution in [2.24, 2.45) is 0 Å². The average Bonchev–Trinajstić information content (AvgIpc) is 2.69. The Labute approximate surface area is 119 Å². The Morgan fingerprint density at radius 1 is 1.18 bits per heavy atom. The molecule has 0 aliphatic carbocycles. The summed E-state index contributed by atoms with van der Waals surface area (Å²) in [6, 6.07) is 5.80. The Bertz CT molecular complexity index is 548. The predicted molar refractivity (Wildman–Crippen MR) is 75.0 cm³/mol. The van der Waals surface area contributed by atoms with Crippen molar-refractivity contribution in [1.29, 1.82) is 0 Å². The van der Waals surface area contributed by atoms with Crippen LogP contribution in [-0.4, -0.2) is 0 Å². The Hall–Kier alpha value is -0.440. The van der Waals surface area contributed by atoms with Gasteiger partial charge in [-0.25, -0.2) is 0 Å². The lowest BCUT2D eigenvalue weighted by atomic mass is 10.0. The second-order valence-corrected chi connectivity index (χ2v) is 5.53. The van der Waals surface area contributed by atoms with Gasteiger partial charge in [0, 0.05) is 10.6 Å². The first-order chi connectivity index (χ1) is 8.00. The highest BCUT2D eigenvalue weighted by Crippen LogP contribution is 2.38. The Balaban J connectivity index is 2.48. The first-order valence-electron chi connectivity index (χ1n) is 5.14. The lowest BCUT2D eigenvalue weighted by Crippen LogP contribution is -1.96. The summed E-state index contributed by atoms with van der Waals surface area (Å²) >= 11 is 16.0. The number of alkyl halides is 1. The van der Waals surface area contributed by atoms with Gasteiger partial charge in [-0.1, -0.05) is 17.7 Å². The first kappa shape index (κ1) is 13.0. The molecule has 1 atom stereocenters. The van der Waals surface area contributed by atoms with E-state index >= 15 is 0 Å². The van der Waals surface area contributed by atoms with Crippen molar-refractivity contribution in [1.82, 2.24) is 0 Å². The van der Waals surface area contributed by atoms with Gasteiger partial charge >= 0.3 is 0 Å². The number of aryl methyl sites for hydroxylation is 2. The predicted octanol–water partition coefficient (Wildman–Crippen LogP) is 5.64. The van der Waals surface area contributed by atoms with Crippen LogP contribution >= 0.6 is 39.1 Å². The van der Waals surface area contributed by atoms with Crippen molar-refractivity contribution >= 4 is 39.1 Å². The zero-order valence-corrected chi connectivity index (χ0v) is 12.5. The normalized spacial score (nSPS) is 12.8. The third-order valence-corrected chi connectivity index (χ3v) is 4.25. The molecule has 0 amide bonds. The van der Waals surface area contributed by atoms with Gasteiger partial charge in [0.2, 0.25) is 0 Å². The fourth-order valence-corrected chi connectivity index (χ4v) is 2.99. The fourth-order valence-electron chi connectivity index (χ4n) is 1.65. The molecule has 90 valence electrons. The van der Waals surface area contributed by atoms with Crippen LogP contribution in [-0.2, 0) is 0 Å². The van der Waals surface area contributed by atoms with Crippen LogP contribution in [0.4, 0.5) is 0 Å². The molecule has 0 aliphatic rings. The molecule has 1 heterocycles. The number of rotatable bonds is 2. The molecule has 4 heteroatoms. The van der Waals surface area contributed by atoms with Gasteiger partial charge in [0.05, 0.1) is 11.6 Å². The molecule has 0 saturated carbocycles. The van der Waals surface area contributed by atoms with Crippen LogP contribution in [0.15, 0.2) is 33.5 Å². The van der Waals surface area contributed by atoms with Gasteiger partial charge in [0.15, 0.2) is 4.67 Å². The van der Waals surface area contributed by atoms with Gasteiger partial charge in [-0.2, -0.15) is 0 Å². The van der Waals surface area contributed by atoms with Crippen LogP contribution in [0.2, 0.25) is 5.02 Å². The van der Waals surface area contributed by atoms with Gasteiger partial charge in [-0.3, -0.25) is 0 Å². The highest BCUT2D eigenvalue weighted by molar-refractivity contribution is 9.10. The third-order valence-electron chi connectivity index (χ3n) is 2.81. The summed E-state index contributed by atoms with van der Waals surface area (Å²) in [6.45, 7) is 4.07. The van der Waals surface area contributed by atoms with E-state index in [9.17, 15) is 0 Å². The monoisotopic (exact) mass is 332 g/mol. The minimum Gasteiger partial charge on any atom is -0.457 e. The van der Waals surface area contributed by atoms with Gasteiger partial charge in [0.1, 0.15) is 0 Å². The van der Waals surface area contributed by atoms with Crippen molar-refractivity contribution < 1.29 is 4.42 Å². The van der Waals surface area contributed by atoms with Gasteiger partial charge < -0.3 is 4.42 Å². The second kappa shape index (κ2) is 5.05. The van der Waals surface area contributed by atoms with E-state index in [1.54, 1.807) is 6.26 Å². The summed E-state index contributed by atoms with van der Waals surface area (Å²) < 4.78 is 5.84. The highest BCUT2D eigenvalue weighted by Gasteiger charge is 2.19. The van der Waals surface area contributed by atoms with Crippen LogP contribution in [0.25, 0.3) is 0 Å². The number of furan rings is 1. The standard InChI is InChI=1S/C13H11BrCl2O/c1-7-5-10(11(15)6-8(7)2)12(16)9-3-4-17-13(9)14/h3-6,12H,1-2H3. The van der Waals surface area contributed by atoms with E-state index in [1.807, 2.05) is 32.0 Å². The zero-order chi connectivity index (χ0) is 12.6. The van der Waals surface area contributed by atoms with E-state index in [2.05, 4.69) is 15.9 Å². The fraction of sp³-hybridized carbons (Fsp3) is 0.231. The van der Waals surface area contributed by atoms with Crippen LogP contribution in [0.1, 0.15) is 27.6 Å². The molecule has 0 saturated heterocycles. The molecule has 0 bridgehead atoms. The molecule has 1 aromatic heterocycles. The van der Waals surface area contributed by atoms with Crippen molar-refractivity contribution in [2.75, 3.05) is 0 Å². The SMILES string of the molecule is Cc1cc(Cl)c(C(Cl)c2ccoc2Br)cc1C. The molecule has 1 nitrogen and oxygen atoms in total. The molecule has 2 rings (SSSR count). The van der Waals surface area contributed by atoms with Crippen molar-refractivity contribution in [2.45, 2.75) is 19.2 Å².